The molecule has 0 spiro atoms. The van der Waals surface area contributed by atoms with Crippen molar-refractivity contribution < 1.29 is 14.3 Å². The number of thiocarbonyl (C=S) groups is 1. The Balaban J connectivity index is 1.58. The Kier molecular flexibility index (Phi) is 7.64. The van der Waals surface area contributed by atoms with Crippen LogP contribution in [-0.2, 0) is 0 Å². The van der Waals surface area contributed by atoms with Crippen LogP contribution in [-0.4, -0.2) is 41.1 Å². The fraction of sp³-hybridized carbons (Fsp3) is 0.320. The van der Waals surface area contributed by atoms with Crippen molar-refractivity contribution in [2.24, 2.45) is 0 Å². The molecule has 34 heavy (non-hydrogen) atoms. The Bertz CT molecular complexity index is 1140. The van der Waals surface area contributed by atoms with E-state index in [4.69, 9.17) is 26.8 Å². The lowest BCUT2D eigenvalue weighted by Gasteiger charge is -2.24. The van der Waals surface area contributed by atoms with Crippen LogP contribution in [0.4, 0.5) is 0 Å². The van der Waals surface area contributed by atoms with Gasteiger partial charge in [0.05, 0.1) is 25.5 Å². The van der Waals surface area contributed by atoms with Gasteiger partial charge in [0.25, 0.3) is 5.91 Å². The fourth-order valence-electron chi connectivity index (χ4n) is 4.10. The summed E-state index contributed by atoms with van der Waals surface area (Å²) in [6, 6.07) is 15.4. The summed E-state index contributed by atoms with van der Waals surface area (Å²) < 4.78 is 12.5. The Hall–Kier alpha value is -3.59. The first kappa shape index (κ1) is 23.6. The molecule has 0 saturated heterocycles. The molecule has 1 saturated carbocycles. The highest BCUT2D eigenvalue weighted by atomic mass is 32.1. The zero-order chi connectivity index (χ0) is 23.9. The zero-order valence-corrected chi connectivity index (χ0v) is 20.2. The third kappa shape index (κ3) is 5.48. The number of carbonyl (C=O) groups is 1. The maximum atomic E-state index is 13.2. The third-order valence-corrected chi connectivity index (χ3v) is 6.09. The topological polar surface area (TPSA) is 89.4 Å². The van der Waals surface area contributed by atoms with E-state index in [1.54, 1.807) is 37.2 Å². The third-order valence-electron chi connectivity index (χ3n) is 5.87. The highest BCUT2D eigenvalue weighted by Crippen LogP contribution is 2.33. The summed E-state index contributed by atoms with van der Waals surface area (Å²) in [7, 11) is 3.15. The number of methoxy groups -OCH3 is 2. The van der Waals surface area contributed by atoms with E-state index in [1.807, 2.05) is 36.4 Å². The molecule has 0 aliphatic heterocycles. The van der Waals surface area contributed by atoms with E-state index in [0.717, 1.165) is 24.1 Å². The summed E-state index contributed by atoms with van der Waals surface area (Å²) in [5.74, 6) is 0.803. The Labute approximate surface area is 204 Å². The van der Waals surface area contributed by atoms with Crippen LogP contribution in [0, 0.1) is 0 Å². The summed E-state index contributed by atoms with van der Waals surface area (Å²) in [5.41, 5.74) is 8.01. The number of carbonyl (C=O) groups excluding carboxylic acids is 1. The Morgan fingerprint density at radius 1 is 1.00 bits per heavy atom. The van der Waals surface area contributed by atoms with Crippen LogP contribution < -0.4 is 25.6 Å². The molecule has 3 N–H and O–H groups in total. The monoisotopic (exact) mass is 479 g/mol. The van der Waals surface area contributed by atoms with Crippen molar-refractivity contribution in [3.63, 3.8) is 0 Å². The quantitative estimate of drug-likeness (QED) is 0.364. The second-order valence-electron chi connectivity index (χ2n) is 8.13. The van der Waals surface area contributed by atoms with Crippen molar-refractivity contribution in [3.8, 4) is 28.4 Å². The minimum absolute atomic E-state index is 0.341. The first-order valence-corrected chi connectivity index (χ1v) is 11.7. The number of nitrogens with zero attached hydrogens (tertiary/aromatic N) is 2. The molecule has 1 aliphatic rings. The normalized spacial score (nSPS) is 13.7. The molecule has 1 aliphatic carbocycles. The van der Waals surface area contributed by atoms with Gasteiger partial charge < -0.3 is 14.8 Å². The maximum absolute atomic E-state index is 13.2. The van der Waals surface area contributed by atoms with Crippen LogP contribution in [0.15, 0.2) is 54.7 Å². The number of hydrazine groups is 1. The van der Waals surface area contributed by atoms with Gasteiger partial charge in [0.15, 0.2) is 16.6 Å². The number of hydrogen-bond acceptors (Lipinski definition) is 5. The highest BCUT2D eigenvalue weighted by Gasteiger charge is 2.21. The molecule has 9 heteroatoms. The summed E-state index contributed by atoms with van der Waals surface area (Å²) in [6.45, 7) is 0. The van der Waals surface area contributed by atoms with Crippen molar-refractivity contribution in [1.82, 2.24) is 25.9 Å². The van der Waals surface area contributed by atoms with Crippen LogP contribution in [0.2, 0.25) is 0 Å². The number of nitrogens with one attached hydrogen (secondary N) is 3. The maximum Gasteiger partial charge on any atom is 0.273 e. The number of hydrogen-bond donors (Lipinski definition) is 3. The average molecular weight is 480 g/mol. The van der Waals surface area contributed by atoms with Crippen molar-refractivity contribution in [2.45, 2.75) is 38.1 Å². The van der Waals surface area contributed by atoms with E-state index in [1.165, 1.54) is 19.3 Å². The van der Waals surface area contributed by atoms with Gasteiger partial charge in [-0.3, -0.25) is 15.6 Å². The average Bonchev–Trinajstić information content (AvgIpc) is 3.33. The van der Waals surface area contributed by atoms with E-state index >= 15 is 0 Å². The minimum atomic E-state index is -0.347. The molecular formula is C25H29N5O3S. The van der Waals surface area contributed by atoms with Crippen LogP contribution in [0.5, 0.6) is 11.5 Å². The first-order valence-electron chi connectivity index (χ1n) is 11.3. The lowest BCUT2D eigenvalue weighted by Crippen LogP contribution is -2.50. The SMILES string of the molecule is COc1ccc(-c2nn(-c3ccccc3)cc2C(=O)NNC(=S)NC2CCCCC2)cc1OC. The molecule has 1 aromatic heterocycles. The first-order chi connectivity index (χ1) is 16.6. The number of ether oxygens (including phenoxy) is 2. The molecular weight excluding hydrogens is 450 g/mol. The molecule has 0 radical (unpaired) electrons. The molecule has 0 bridgehead atoms. The number of aromatic nitrogens is 2. The molecule has 1 heterocycles. The minimum Gasteiger partial charge on any atom is -0.493 e. The summed E-state index contributed by atoms with van der Waals surface area (Å²) >= 11 is 5.38. The van der Waals surface area contributed by atoms with E-state index in [9.17, 15) is 4.79 Å². The molecule has 1 amide bonds. The molecule has 0 unspecified atom stereocenters. The lowest BCUT2D eigenvalue weighted by atomic mass is 9.96. The molecule has 0 atom stereocenters. The van der Waals surface area contributed by atoms with Gasteiger partial charge in [-0.2, -0.15) is 5.10 Å². The Morgan fingerprint density at radius 2 is 1.74 bits per heavy atom. The van der Waals surface area contributed by atoms with Crippen molar-refractivity contribution in [2.75, 3.05) is 14.2 Å². The van der Waals surface area contributed by atoms with Gasteiger partial charge in [-0.25, -0.2) is 4.68 Å². The second kappa shape index (κ2) is 11.0. The van der Waals surface area contributed by atoms with Gasteiger partial charge in [-0.1, -0.05) is 37.5 Å². The summed E-state index contributed by atoms with van der Waals surface area (Å²) in [4.78, 5) is 13.2. The van der Waals surface area contributed by atoms with Crippen molar-refractivity contribution in [3.05, 3.63) is 60.3 Å². The van der Waals surface area contributed by atoms with Gasteiger partial charge in [0.2, 0.25) is 0 Å². The zero-order valence-electron chi connectivity index (χ0n) is 19.3. The van der Waals surface area contributed by atoms with Gasteiger partial charge in [0, 0.05) is 17.8 Å². The van der Waals surface area contributed by atoms with E-state index in [-0.39, 0.29) is 5.91 Å². The van der Waals surface area contributed by atoms with Crippen LogP contribution in [0.1, 0.15) is 42.5 Å². The van der Waals surface area contributed by atoms with E-state index < -0.39 is 0 Å². The van der Waals surface area contributed by atoms with Crippen LogP contribution >= 0.6 is 12.2 Å². The standard InChI is InChI=1S/C25H29N5O3S/c1-32-21-14-13-17(15-22(21)33-2)23-20(16-30(29-23)19-11-7-4-8-12-19)24(31)27-28-25(34)26-18-9-5-3-6-10-18/h4,7-8,11-16,18H,3,5-6,9-10H2,1-2H3,(H,27,31)(H2,26,28,34). The smallest absolute Gasteiger partial charge is 0.273 e. The predicted molar refractivity (Wildman–Crippen MR) is 135 cm³/mol. The van der Waals surface area contributed by atoms with Gasteiger partial charge in [-0.15, -0.1) is 0 Å². The summed E-state index contributed by atoms with van der Waals surface area (Å²) in [5, 5.41) is 8.40. The second-order valence-corrected chi connectivity index (χ2v) is 8.54. The highest BCUT2D eigenvalue weighted by molar-refractivity contribution is 7.80. The number of benzene rings is 2. The molecule has 8 nitrogen and oxygen atoms in total. The fourth-order valence-corrected chi connectivity index (χ4v) is 4.32. The van der Waals surface area contributed by atoms with Crippen LogP contribution in [0.3, 0.4) is 0 Å². The number of amides is 1. The van der Waals surface area contributed by atoms with Crippen molar-refractivity contribution >= 4 is 23.2 Å². The number of para-hydroxylation sites is 1. The van der Waals surface area contributed by atoms with E-state index in [0.29, 0.717) is 33.9 Å². The molecule has 1 fully saturated rings. The lowest BCUT2D eigenvalue weighted by molar-refractivity contribution is 0.0944. The van der Waals surface area contributed by atoms with Crippen molar-refractivity contribution in [1.29, 1.82) is 0 Å². The van der Waals surface area contributed by atoms with E-state index in [2.05, 4.69) is 16.2 Å². The molecule has 178 valence electrons. The van der Waals surface area contributed by atoms with Gasteiger partial charge >= 0.3 is 0 Å². The Morgan fingerprint density at radius 3 is 2.44 bits per heavy atom. The molecule has 3 aromatic rings. The van der Waals surface area contributed by atoms with Gasteiger partial charge in [0.1, 0.15) is 5.69 Å². The largest absolute Gasteiger partial charge is 0.493 e. The molecule has 2 aromatic carbocycles. The predicted octanol–water partition coefficient (Wildman–Crippen LogP) is 4.00. The van der Waals surface area contributed by atoms with Gasteiger partial charge in [-0.05, 0) is 55.4 Å². The summed E-state index contributed by atoms with van der Waals surface area (Å²) in [6.07, 6.45) is 7.53. The number of rotatable bonds is 6. The molecule has 4 rings (SSSR count). The van der Waals surface area contributed by atoms with Crippen LogP contribution in [0.25, 0.3) is 16.9 Å².